The van der Waals surface area contributed by atoms with Gasteiger partial charge in [-0.15, -0.1) is 0 Å². The highest BCUT2D eigenvalue weighted by Crippen LogP contribution is 2.28. The molecule has 4 heterocycles. The number of H-pyrrole nitrogens is 1. The van der Waals surface area contributed by atoms with Gasteiger partial charge in [-0.3, -0.25) is 14.7 Å². The number of nitrogens with one attached hydrogen (secondary N) is 1. The molecule has 0 aliphatic carbocycles. The molecule has 1 fully saturated rings. The predicted octanol–water partition coefficient (Wildman–Crippen LogP) is 3.90. The van der Waals surface area contributed by atoms with Crippen molar-refractivity contribution in [3.8, 4) is 11.3 Å². The second-order valence-electron chi connectivity index (χ2n) is 10.1. The van der Waals surface area contributed by atoms with Crippen LogP contribution >= 0.6 is 0 Å². The van der Waals surface area contributed by atoms with Gasteiger partial charge in [0.25, 0.3) is 11.8 Å². The number of amides is 2. The number of hydrogen-bond acceptors (Lipinski definition) is 5. The Morgan fingerprint density at radius 3 is 2.49 bits per heavy atom. The van der Waals surface area contributed by atoms with Crippen molar-refractivity contribution in [3.63, 3.8) is 0 Å². The first-order valence-corrected chi connectivity index (χ1v) is 12.0. The third-order valence-electron chi connectivity index (χ3n) is 6.68. The van der Waals surface area contributed by atoms with E-state index in [1.54, 1.807) is 28.1 Å². The summed E-state index contributed by atoms with van der Waals surface area (Å²) in [7, 11) is 0. The van der Waals surface area contributed by atoms with Crippen molar-refractivity contribution in [2.75, 3.05) is 19.6 Å². The Kier molecular flexibility index (Phi) is 6.01. The Labute approximate surface area is 212 Å². The molecule has 1 N–H and O–H groups in total. The van der Waals surface area contributed by atoms with Crippen molar-refractivity contribution in [1.82, 2.24) is 34.6 Å². The monoisotopic (exact) mass is 507 g/mol. The number of carbonyl (C=O) groups is 2. The number of aromatic nitrogens is 5. The van der Waals surface area contributed by atoms with Crippen molar-refractivity contribution in [2.24, 2.45) is 0 Å². The van der Waals surface area contributed by atoms with Crippen LogP contribution in [0.25, 0.3) is 16.9 Å². The van der Waals surface area contributed by atoms with Crippen LogP contribution in [0.15, 0.2) is 42.7 Å². The molecule has 11 heteroatoms. The summed E-state index contributed by atoms with van der Waals surface area (Å²) in [6.45, 7) is 8.84. The SMILES string of the molecule is CC(C)c1cc(-c2ccc(F)c(F)c2)nn2cc(C(=O)N3CCN(C(=O)c4ccn[nH]4)CC3(C)C)nc12. The first-order valence-electron chi connectivity index (χ1n) is 12.0. The van der Waals surface area contributed by atoms with Crippen LogP contribution in [0.1, 0.15) is 60.2 Å². The van der Waals surface area contributed by atoms with Crippen LogP contribution in [0.4, 0.5) is 8.78 Å². The number of aromatic amines is 1. The molecule has 0 unspecified atom stereocenters. The molecule has 5 rings (SSSR count). The fraction of sp³-hybridized carbons (Fsp3) is 0.346. The first-order chi connectivity index (χ1) is 17.5. The van der Waals surface area contributed by atoms with Crippen LogP contribution in [-0.2, 0) is 0 Å². The fourth-order valence-corrected chi connectivity index (χ4v) is 4.71. The van der Waals surface area contributed by atoms with Crippen molar-refractivity contribution in [3.05, 3.63) is 71.3 Å². The van der Waals surface area contributed by atoms with Crippen LogP contribution in [-0.4, -0.2) is 71.6 Å². The molecule has 1 saturated heterocycles. The van der Waals surface area contributed by atoms with Gasteiger partial charge in [0.15, 0.2) is 17.3 Å². The number of imidazole rings is 1. The molecular formula is C26H27F2N7O2. The number of fused-ring (bicyclic) bond motifs is 1. The Hall–Kier alpha value is -4.15. The number of piperazine rings is 1. The topological polar surface area (TPSA) is 99.5 Å². The smallest absolute Gasteiger partial charge is 0.274 e. The lowest BCUT2D eigenvalue weighted by Gasteiger charge is -2.46. The van der Waals surface area contributed by atoms with E-state index in [9.17, 15) is 18.4 Å². The highest BCUT2D eigenvalue weighted by molar-refractivity contribution is 5.95. The average Bonchev–Trinajstić information content (AvgIpc) is 3.54. The van der Waals surface area contributed by atoms with Crippen molar-refractivity contribution >= 4 is 17.5 Å². The molecule has 0 bridgehead atoms. The van der Waals surface area contributed by atoms with Crippen LogP contribution in [0.5, 0.6) is 0 Å². The maximum absolute atomic E-state index is 13.9. The molecule has 1 aliphatic heterocycles. The van der Waals surface area contributed by atoms with E-state index in [0.29, 0.717) is 42.2 Å². The van der Waals surface area contributed by atoms with Gasteiger partial charge in [0.05, 0.1) is 17.4 Å². The van der Waals surface area contributed by atoms with E-state index < -0.39 is 17.2 Å². The summed E-state index contributed by atoms with van der Waals surface area (Å²) in [5, 5.41) is 11.1. The highest BCUT2D eigenvalue weighted by atomic mass is 19.2. The van der Waals surface area contributed by atoms with E-state index in [1.165, 1.54) is 16.8 Å². The number of halogens is 2. The summed E-state index contributed by atoms with van der Waals surface area (Å²) in [6, 6.07) is 7.04. The fourth-order valence-electron chi connectivity index (χ4n) is 4.71. The van der Waals surface area contributed by atoms with E-state index in [0.717, 1.165) is 17.7 Å². The van der Waals surface area contributed by atoms with Crippen LogP contribution < -0.4 is 0 Å². The van der Waals surface area contributed by atoms with E-state index >= 15 is 0 Å². The number of carbonyl (C=O) groups excluding carboxylic acids is 2. The molecule has 0 spiro atoms. The molecule has 4 aromatic rings. The Balaban J connectivity index is 1.46. The first kappa shape index (κ1) is 24.5. The van der Waals surface area contributed by atoms with Gasteiger partial charge >= 0.3 is 0 Å². The normalized spacial score (nSPS) is 15.5. The maximum Gasteiger partial charge on any atom is 0.274 e. The zero-order valence-electron chi connectivity index (χ0n) is 21.0. The standard InChI is InChI=1S/C26H27F2N7O2/c1-15(2)17-12-21(16-5-6-18(27)19(28)11-16)32-35-13-22(30-23(17)35)25(37)34-10-9-33(14-26(34,3)4)24(36)20-7-8-29-31-20/h5-8,11-13,15H,9-10,14H2,1-4H3,(H,29,31). The molecule has 0 radical (unpaired) electrons. The zero-order chi connectivity index (χ0) is 26.5. The lowest BCUT2D eigenvalue weighted by atomic mass is 9.98. The minimum absolute atomic E-state index is 0.0355. The number of nitrogens with zero attached hydrogens (tertiary/aromatic N) is 6. The van der Waals surface area contributed by atoms with Gasteiger partial charge in [-0.05, 0) is 50.1 Å². The molecule has 0 atom stereocenters. The van der Waals surface area contributed by atoms with Gasteiger partial charge in [0.1, 0.15) is 11.4 Å². The number of benzene rings is 1. The second kappa shape index (κ2) is 9.06. The summed E-state index contributed by atoms with van der Waals surface area (Å²) in [4.78, 5) is 34.4. The summed E-state index contributed by atoms with van der Waals surface area (Å²) in [5.41, 5.74) is 2.18. The van der Waals surface area contributed by atoms with Gasteiger partial charge < -0.3 is 9.80 Å². The molecule has 3 aromatic heterocycles. The predicted molar refractivity (Wildman–Crippen MR) is 132 cm³/mol. The third kappa shape index (κ3) is 4.45. The quantitative estimate of drug-likeness (QED) is 0.452. The van der Waals surface area contributed by atoms with E-state index in [2.05, 4.69) is 20.3 Å². The molecule has 192 valence electrons. The third-order valence-corrected chi connectivity index (χ3v) is 6.68. The molecule has 0 saturated carbocycles. The maximum atomic E-state index is 13.9. The van der Waals surface area contributed by atoms with Crippen LogP contribution in [0.3, 0.4) is 0 Å². The van der Waals surface area contributed by atoms with Crippen LogP contribution in [0.2, 0.25) is 0 Å². The van der Waals surface area contributed by atoms with Gasteiger partial charge in [-0.1, -0.05) is 13.8 Å². The van der Waals surface area contributed by atoms with Crippen molar-refractivity contribution in [1.29, 1.82) is 0 Å². The van der Waals surface area contributed by atoms with Crippen LogP contribution in [0, 0.1) is 11.6 Å². The lowest BCUT2D eigenvalue weighted by Crippen LogP contribution is -2.62. The molecule has 1 aliphatic rings. The summed E-state index contributed by atoms with van der Waals surface area (Å²) >= 11 is 0. The summed E-state index contributed by atoms with van der Waals surface area (Å²) < 4.78 is 28.9. The average molecular weight is 508 g/mol. The molecule has 37 heavy (non-hydrogen) atoms. The molecule has 1 aromatic carbocycles. The van der Waals surface area contributed by atoms with Crippen molar-refractivity contribution < 1.29 is 18.4 Å². The van der Waals surface area contributed by atoms with Gasteiger partial charge in [-0.25, -0.2) is 18.3 Å². The molecule has 9 nitrogen and oxygen atoms in total. The Bertz CT molecular complexity index is 1490. The van der Waals surface area contributed by atoms with Gasteiger partial charge in [0.2, 0.25) is 0 Å². The number of hydrogen-bond donors (Lipinski definition) is 1. The number of rotatable bonds is 4. The largest absolute Gasteiger partial charge is 0.333 e. The molecular weight excluding hydrogens is 480 g/mol. The zero-order valence-corrected chi connectivity index (χ0v) is 21.0. The summed E-state index contributed by atoms with van der Waals surface area (Å²) in [5.74, 6) is -2.29. The minimum atomic E-state index is -0.959. The summed E-state index contributed by atoms with van der Waals surface area (Å²) in [6.07, 6.45) is 3.09. The second-order valence-corrected chi connectivity index (χ2v) is 10.1. The van der Waals surface area contributed by atoms with Crippen molar-refractivity contribution in [2.45, 2.75) is 39.2 Å². The lowest BCUT2D eigenvalue weighted by molar-refractivity contribution is 0.0163. The van der Waals surface area contributed by atoms with E-state index in [4.69, 9.17) is 0 Å². The Morgan fingerprint density at radius 1 is 1.05 bits per heavy atom. The molecule has 2 amide bonds. The van der Waals surface area contributed by atoms with E-state index in [-0.39, 0.29) is 23.4 Å². The minimum Gasteiger partial charge on any atom is -0.333 e. The highest BCUT2D eigenvalue weighted by Gasteiger charge is 2.40. The van der Waals surface area contributed by atoms with E-state index in [1.807, 2.05) is 27.7 Å². The Morgan fingerprint density at radius 2 is 1.84 bits per heavy atom. The van der Waals surface area contributed by atoms with Gasteiger partial charge in [0, 0.05) is 37.0 Å². The van der Waals surface area contributed by atoms with Gasteiger partial charge in [-0.2, -0.15) is 10.2 Å².